The zero-order chi connectivity index (χ0) is 17.1. The van der Waals surface area contributed by atoms with Gasteiger partial charge >= 0.3 is 0 Å². The van der Waals surface area contributed by atoms with Crippen LogP contribution in [0.25, 0.3) is 0 Å². The summed E-state index contributed by atoms with van der Waals surface area (Å²) in [6, 6.07) is 13.9. The van der Waals surface area contributed by atoms with Gasteiger partial charge in [-0.1, -0.05) is 18.2 Å². The Morgan fingerprint density at radius 1 is 1.04 bits per heavy atom. The second-order valence-electron chi connectivity index (χ2n) is 6.75. The summed E-state index contributed by atoms with van der Waals surface area (Å²) < 4.78 is 11.8. The van der Waals surface area contributed by atoms with Crippen LogP contribution in [0.3, 0.4) is 0 Å². The zero-order valence-corrected chi connectivity index (χ0v) is 14.4. The molecule has 4 rings (SSSR count). The highest BCUT2D eigenvalue weighted by Crippen LogP contribution is 2.29. The zero-order valence-electron chi connectivity index (χ0n) is 14.4. The van der Waals surface area contributed by atoms with Crippen molar-refractivity contribution in [2.75, 3.05) is 31.1 Å². The molecule has 2 fully saturated rings. The summed E-state index contributed by atoms with van der Waals surface area (Å²) in [4.78, 5) is 16.5. The van der Waals surface area contributed by atoms with Crippen molar-refractivity contribution in [3.63, 3.8) is 0 Å². The minimum atomic E-state index is 0.0964. The number of para-hydroxylation sites is 1. The molecule has 2 saturated heterocycles. The van der Waals surface area contributed by atoms with Gasteiger partial charge in [0.1, 0.15) is 17.6 Å². The van der Waals surface area contributed by atoms with Gasteiger partial charge in [-0.05, 0) is 43.5 Å². The minimum Gasteiger partial charge on any atom is -0.462 e. The first kappa shape index (κ1) is 16.4. The number of furan rings is 1. The first-order valence-electron chi connectivity index (χ1n) is 9.07. The van der Waals surface area contributed by atoms with Gasteiger partial charge < -0.3 is 14.1 Å². The SMILES string of the molecule is O=C1CN(Cc2ccc(C3CCCCO3)o2)CCN1c1ccccc1. The number of nitrogens with zero attached hydrogens (tertiary/aromatic N) is 2. The number of anilines is 1. The van der Waals surface area contributed by atoms with Gasteiger partial charge in [-0.3, -0.25) is 9.69 Å². The van der Waals surface area contributed by atoms with E-state index in [0.717, 1.165) is 43.2 Å². The summed E-state index contributed by atoms with van der Waals surface area (Å²) in [6.45, 7) is 3.46. The van der Waals surface area contributed by atoms with Gasteiger partial charge in [0.05, 0.1) is 13.1 Å². The monoisotopic (exact) mass is 340 g/mol. The molecule has 0 radical (unpaired) electrons. The lowest BCUT2D eigenvalue weighted by Gasteiger charge is -2.33. The van der Waals surface area contributed by atoms with Crippen LogP contribution in [0.5, 0.6) is 0 Å². The summed E-state index contributed by atoms with van der Waals surface area (Å²) in [7, 11) is 0. The number of carbonyl (C=O) groups is 1. The molecule has 5 nitrogen and oxygen atoms in total. The molecule has 1 aromatic heterocycles. The molecule has 0 spiro atoms. The molecule has 132 valence electrons. The molecule has 2 aliphatic rings. The van der Waals surface area contributed by atoms with E-state index >= 15 is 0 Å². The molecule has 0 N–H and O–H groups in total. The smallest absolute Gasteiger partial charge is 0.241 e. The maximum absolute atomic E-state index is 12.5. The second-order valence-corrected chi connectivity index (χ2v) is 6.75. The van der Waals surface area contributed by atoms with Gasteiger partial charge in [0.15, 0.2) is 0 Å². The number of amides is 1. The van der Waals surface area contributed by atoms with Crippen LogP contribution in [0, 0.1) is 0 Å². The molecule has 0 aliphatic carbocycles. The molecule has 0 saturated carbocycles. The molecule has 0 bridgehead atoms. The number of hydrogen-bond donors (Lipinski definition) is 0. The lowest BCUT2D eigenvalue weighted by molar-refractivity contribution is -0.121. The summed E-state index contributed by atoms with van der Waals surface area (Å²) in [6.07, 6.45) is 3.45. The van der Waals surface area contributed by atoms with Crippen LogP contribution in [0.1, 0.15) is 36.9 Å². The highest BCUT2D eigenvalue weighted by atomic mass is 16.5. The molecule has 1 atom stereocenters. The van der Waals surface area contributed by atoms with E-state index in [0.29, 0.717) is 19.6 Å². The molecular formula is C20H24N2O3. The largest absolute Gasteiger partial charge is 0.462 e. The fraction of sp³-hybridized carbons (Fsp3) is 0.450. The van der Waals surface area contributed by atoms with E-state index in [1.54, 1.807) is 0 Å². The average Bonchev–Trinajstić information content (AvgIpc) is 3.12. The third-order valence-corrected chi connectivity index (χ3v) is 4.93. The van der Waals surface area contributed by atoms with Crippen molar-refractivity contribution in [1.29, 1.82) is 0 Å². The van der Waals surface area contributed by atoms with Crippen molar-refractivity contribution in [3.05, 3.63) is 54.0 Å². The van der Waals surface area contributed by atoms with E-state index in [-0.39, 0.29) is 12.0 Å². The third kappa shape index (κ3) is 3.78. The Hall–Kier alpha value is -2.11. The fourth-order valence-electron chi connectivity index (χ4n) is 3.58. The van der Waals surface area contributed by atoms with Crippen molar-refractivity contribution < 1.29 is 13.9 Å². The molecule has 2 aromatic rings. The third-order valence-electron chi connectivity index (χ3n) is 4.93. The van der Waals surface area contributed by atoms with Crippen LogP contribution >= 0.6 is 0 Å². The van der Waals surface area contributed by atoms with E-state index in [1.807, 2.05) is 47.4 Å². The van der Waals surface area contributed by atoms with E-state index in [1.165, 1.54) is 6.42 Å². The van der Waals surface area contributed by atoms with Gasteiger partial charge in [0, 0.05) is 25.4 Å². The minimum absolute atomic E-state index is 0.0964. The standard InChI is InChI=1S/C20H24N2O3/c23-20-15-21(11-12-22(20)16-6-2-1-3-7-16)14-17-9-10-19(25-17)18-8-4-5-13-24-18/h1-3,6-7,9-10,18H,4-5,8,11-15H2. The predicted octanol–water partition coefficient (Wildman–Crippen LogP) is 3.37. The Bertz CT molecular complexity index is 707. The highest BCUT2D eigenvalue weighted by Gasteiger charge is 2.26. The Morgan fingerprint density at radius 2 is 1.92 bits per heavy atom. The Kier molecular flexibility index (Phi) is 4.85. The second kappa shape index (κ2) is 7.42. The van der Waals surface area contributed by atoms with E-state index in [2.05, 4.69) is 4.90 Å². The molecule has 1 amide bonds. The first-order valence-corrected chi connectivity index (χ1v) is 9.07. The Balaban J connectivity index is 1.35. The predicted molar refractivity (Wildman–Crippen MR) is 95.3 cm³/mol. The maximum atomic E-state index is 12.5. The van der Waals surface area contributed by atoms with Crippen molar-refractivity contribution in [2.24, 2.45) is 0 Å². The number of carbonyl (C=O) groups excluding carboxylic acids is 1. The normalized spacial score (nSPS) is 22.3. The fourth-order valence-corrected chi connectivity index (χ4v) is 3.58. The van der Waals surface area contributed by atoms with Crippen molar-refractivity contribution in [3.8, 4) is 0 Å². The molecule has 3 heterocycles. The van der Waals surface area contributed by atoms with Crippen molar-refractivity contribution in [2.45, 2.75) is 31.9 Å². The summed E-state index contributed by atoms with van der Waals surface area (Å²) in [5.74, 6) is 1.97. The Morgan fingerprint density at radius 3 is 2.68 bits per heavy atom. The van der Waals surface area contributed by atoms with Gasteiger partial charge in [0.2, 0.25) is 5.91 Å². The number of rotatable bonds is 4. The lowest BCUT2D eigenvalue weighted by Crippen LogP contribution is -2.50. The molecule has 1 unspecified atom stereocenters. The van der Waals surface area contributed by atoms with Gasteiger partial charge in [0.25, 0.3) is 0 Å². The molecule has 5 heteroatoms. The Labute approximate surface area is 148 Å². The van der Waals surface area contributed by atoms with Crippen LogP contribution in [0.4, 0.5) is 5.69 Å². The van der Waals surface area contributed by atoms with Gasteiger partial charge in [-0.25, -0.2) is 0 Å². The number of benzene rings is 1. The van der Waals surface area contributed by atoms with Gasteiger partial charge in [-0.2, -0.15) is 0 Å². The molecule has 2 aliphatic heterocycles. The molecular weight excluding hydrogens is 316 g/mol. The lowest BCUT2D eigenvalue weighted by atomic mass is 10.1. The van der Waals surface area contributed by atoms with E-state index < -0.39 is 0 Å². The molecule has 1 aromatic carbocycles. The van der Waals surface area contributed by atoms with Crippen LogP contribution in [0.15, 0.2) is 46.9 Å². The van der Waals surface area contributed by atoms with Gasteiger partial charge in [-0.15, -0.1) is 0 Å². The maximum Gasteiger partial charge on any atom is 0.241 e. The van der Waals surface area contributed by atoms with Crippen LogP contribution in [-0.2, 0) is 16.1 Å². The number of ether oxygens (including phenoxy) is 1. The number of piperazine rings is 1. The highest BCUT2D eigenvalue weighted by molar-refractivity contribution is 5.95. The van der Waals surface area contributed by atoms with E-state index in [4.69, 9.17) is 9.15 Å². The summed E-state index contributed by atoms with van der Waals surface area (Å²) >= 11 is 0. The molecule has 25 heavy (non-hydrogen) atoms. The quantitative estimate of drug-likeness (QED) is 0.856. The first-order chi connectivity index (χ1) is 12.3. The topological polar surface area (TPSA) is 45.9 Å². The average molecular weight is 340 g/mol. The van der Waals surface area contributed by atoms with Crippen LogP contribution in [0.2, 0.25) is 0 Å². The van der Waals surface area contributed by atoms with Crippen molar-refractivity contribution >= 4 is 11.6 Å². The van der Waals surface area contributed by atoms with Crippen LogP contribution in [-0.4, -0.2) is 37.0 Å². The van der Waals surface area contributed by atoms with Crippen LogP contribution < -0.4 is 4.90 Å². The summed E-state index contributed by atoms with van der Waals surface area (Å²) in [5.41, 5.74) is 0.974. The van der Waals surface area contributed by atoms with Crippen molar-refractivity contribution in [1.82, 2.24) is 4.90 Å². The number of hydrogen-bond acceptors (Lipinski definition) is 4. The van der Waals surface area contributed by atoms with E-state index in [9.17, 15) is 4.79 Å². The summed E-state index contributed by atoms with van der Waals surface area (Å²) in [5, 5.41) is 0.